The van der Waals surface area contributed by atoms with Gasteiger partial charge in [0, 0.05) is 45.9 Å². The molecule has 4 rings (SSSR count). The number of hydrogen-bond donors (Lipinski definition) is 2. The zero-order valence-electron chi connectivity index (χ0n) is 20.2. The lowest BCUT2D eigenvalue weighted by Crippen LogP contribution is -2.31. The van der Waals surface area contributed by atoms with Crippen molar-refractivity contribution in [2.45, 2.75) is 24.0 Å². The van der Waals surface area contributed by atoms with Gasteiger partial charge in [0.2, 0.25) is 4.21 Å². The lowest BCUT2D eigenvalue weighted by molar-refractivity contribution is 0.0951. The maximum Gasteiger partial charge on any atom is 0.251 e. The lowest BCUT2D eigenvalue weighted by Gasteiger charge is -2.12. The first-order chi connectivity index (χ1) is 16.9. The third-order valence-corrected chi connectivity index (χ3v) is 9.51. The third kappa shape index (κ3) is 5.87. The van der Waals surface area contributed by atoms with Gasteiger partial charge in [0.15, 0.2) is 0 Å². The van der Waals surface area contributed by atoms with Crippen LogP contribution in [-0.2, 0) is 11.2 Å². The van der Waals surface area contributed by atoms with E-state index in [4.69, 9.17) is 5.73 Å². The summed E-state index contributed by atoms with van der Waals surface area (Å²) in [4.78, 5) is 19.3. The second kappa shape index (κ2) is 11.5. The molecular weight excluding hydrogens is 497 g/mol. The van der Waals surface area contributed by atoms with Gasteiger partial charge in [-0.3, -0.25) is 4.79 Å². The Labute approximate surface area is 217 Å². The van der Waals surface area contributed by atoms with Gasteiger partial charge in [-0.05, 0) is 67.1 Å². The molecule has 0 spiro atoms. The van der Waals surface area contributed by atoms with Gasteiger partial charge >= 0.3 is 0 Å². The number of benzene rings is 2. The van der Waals surface area contributed by atoms with Crippen molar-refractivity contribution in [1.29, 1.82) is 0 Å². The van der Waals surface area contributed by atoms with Gasteiger partial charge in [-0.15, -0.1) is 11.3 Å². The number of nitrogen functional groups attached to an aromatic ring is 1. The Bertz CT molecular complexity index is 1300. The molecule has 4 aromatic rings. The van der Waals surface area contributed by atoms with Crippen LogP contribution in [0.25, 0.3) is 31.8 Å². The number of carbonyl (C=O) groups excluding carboxylic acids is 1. The molecule has 0 saturated carbocycles. The summed E-state index contributed by atoms with van der Waals surface area (Å²) in [6, 6.07) is 11.8. The predicted molar refractivity (Wildman–Crippen MR) is 150 cm³/mol. The minimum absolute atomic E-state index is 0.110. The van der Waals surface area contributed by atoms with E-state index < -0.39 is 11.2 Å². The quantitative estimate of drug-likeness (QED) is 0.267. The van der Waals surface area contributed by atoms with Gasteiger partial charge in [0.05, 0.1) is 0 Å². The third-order valence-electron chi connectivity index (χ3n) is 5.64. The number of hydrogen-bond acceptors (Lipinski definition) is 7. The number of nitrogens with one attached hydrogen (secondary N) is 1. The van der Waals surface area contributed by atoms with Crippen LogP contribution in [0.15, 0.2) is 52.2 Å². The highest BCUT2D eigenvalue weighted by atomic mass is 32.2. The Hall–Kier alpha value is -2.43. The standard InChI is InChI=1S/C26H30N4O2S3/c1-4-5-13-35(32)26-23(27)22-20(15-19(16-21(22)34-26)25-29-10-12-33-25)17-7-6-8-18(14-17)24(31)28-9-11-30(2)3/h6-8,10,12,14-16H,4-5,9,11,13,27H2,1-3H3,(H,28,31). The first-order valence-electron chi connectivity index (χ1n) is 11.6. The molecule has 0 radical (unpaired) electrons. The normalized spacial score (nSPS) is 12.4. The number of aromatic nitrogens is 1. The minimum atomic E-state index is -1.14. The number of nitrogens with two attached hydrogens (primary N) is 1. The molecule has 1 atom stereocenters. The first-order valence-corrected chi connectivity index (χ1v) is 14.6. The summed E-state index contributed by atoms with van der Waals surface area (Å²) >= 11 is 1.92. The molecule has 3 N–H and O–H groups in total. The molecule has 2 heterocycles. The maximum absolute atomic E-state index is 13.0. The van der Waals surface area contributed by atoms with Crippen LogP contribution in [0.4, 0.5) is 5.69 Å². The van der Waals surface area contributed by atoms with Crippen LogP contribution in [0.2, 0.25) is 0 Å². The van der Waals surface area contributed by atoms with Crippen molar-refractivity contribution < 1.29 is 9.35 Å². The average Bonchev–Trinajstić information content (AvgIpc) is 3.50. The number of thiazole rings is 1. The van der Waals surface area contributed by atoms with Crippen molar-refractivity contribution in [3.63, 3.8) is 0 Å². The van der Waals surface area contributed by atoms with E-state index >= 15 is 0 Å². The summed E-state index contributed by atoms with van der Waals surface area (Å²) in [5, 5.41) is 6.73. The smallest absolute Gasteiger partial charge is 0.251 e. The van der Waals surface area contributed by atoms with Crippen molar-refractivity contribution in [1.82, 2.24) is 15.2 Å². The fourth-order valence-electron chi connectivity index (χ4n) is 3.81. The van der Waals surface area contributed by atoms with Crippen molar-refractivity contribution in [3.8, 4) is 21.7 Å². The molecule has 6 nitrogen and oxygen atoms in total. The molecule has 0 saturated heterocycles. The summed E-state index contributed by atoms with van der Waals surface area (Å²) in [5.74, 6) is 0.491. The first kappa shape index (κ1) is 25.7. The number of amides is 1. The summed E-state index contributed by atoms with van der Waals surface area (Å²) in [5.41, 5.74) is 10.6. The number of likely N-dealkylation sites (N-methyl/N-ethyl adjacent to an activating group) is 1. The Morgan fingerprint density at radius 2 is 2.06 bits per heavy atom. The van der Waals surface area contributed by atoms with Crippen LogP contribution < -0.4 is 11.1 Å². The molecule has 9 heteroatoms. The number of rotatable bonds is 10. The monoisotopic (exact) mass is 526 g/mol. The van der Waals surface area contributed by atoms with Gasteiger partial charge in [-0.2, -0.15) is 0 Å². The van der Waals surface area contributed by atoms with E-state index in [9.17, 15) is 9.35 Å². The molecule has 0 aliphatic rings. The molecular formula is C26H30N4O2S3. The molecule has 1 unspecified atom stereocenters. The van der Waals surface area contributed by atoms with Gasteiger partial charge < -0.3 is 20.5 Å². The molecule has 184 valence electrons. The van der Waals surface area contributed by atoms with Gasteiger partial charge in [0.1, 0.15) is 16.4 Å². The molecule has 0 aliphatic heterocycles. The Balaban J connectivity index is 1.80. The van der Waals surface area contributed by atoms with Crippen LogP contribution in [0.1, 0.15) is 30.1 Å². The summed E-state index contributed by atoms with van der Waals surface area (Å²) in [6.07, 6.45) is 3.67. The van der Waals surface area contributed by atoms with Crippen LogP contribution >= 0.6 is 22.7 Å². The second-order valence-electron chi connectivity index (χ2n) is 8.58. The summed E-state index contributed by atoms with van der Waals surface area (Å²) in [6.45, 7) is 3.43. The highest BCUT2D eigenvalue weighted by Crippen LogP contribution is 2.45. The van der Waals surface area contributed by atoms with E-state index in [-0.39, 0.29) is 5.91 Å². The van der Waals surface area contributed by atoms with E-state index in [1.807, 2.05) is 48.6 Å². The molecule has 1 amide bonds. The maximum atomic E-state index is 13.0. The van der Waals surface area contributed by atoms with E-state index in [0.29, 0.717) is 23.5 Å². The number of carbonyl (C=O) groups is 1. The van der Waals surface area contributed by atoms with E-state index in [1.165, 1.54) is 11.3 Å². The highest BCUT2D eigenvalue weighted by Gasteiger charge is 2.24. The van der Waals surface area contributed by atoms with Crippen LogP contribution in [0.3, 0.4) is 0 Å². The van der Waals surface area contributed by atoms with E-state index in [2.05, 4.69) is 29.4 Å². The lowest BCUT2D eigenvalue weighted by atomic mass is 9.97. The van der Waals surface area contributed by atoms with E-state index in [1.54, 1.807) is 17.5 Å². The predicted octanol–water partition coefficient (Wildman–Crippen LogP) is 5.47. The topological polar surface area (TPSA) is 94.3 Å². The minimum Gasteiger partial charge on any atom is -0.611 e. The summed E-state index contributed by atoms with van der Waals surface area (Å²) < 4.78 is 14.7. The fraction of sp³-hybridized carbons (Fsp3) is 0.308. The Morgan fingerprint density at radius 1 is 1.23 bits per heavy atom. The molecule has 2 aromatic heterocycles. The van der Waals surface area contributed by atoms with Crippen molar-refractivity contribution in [3.05, 3.63) is 53.5 Å². The van der Waals surface area contributed by atoms with Gasteiger partial charge in [0.25, 0.3) is 5.91 Å². The number of unbranched alkanes of at least 4 members (excludes halogenated alkanes) is 1. The molecule has 2 aromatic carbocycles. The molecule has 0 fully saturated rings. The second-order valence-corrected chi connectivity index (χ2v) is 12.3. The highest BCUT2D eigenvalue weighted by molar-refractivity contribution is 7.93. The number of anilines is 1. The van der Waals surface area contributed by atoms with Crippen LogP contribution in [0, 0.1) is 0 Å². The van der Waals surface area contributed by atoms with Crippen molar-refractivity contribution in [2.75, 3.05) is 38.7 Å². The van der Waals surface area contributed by atoms with Crippen LogP contribution in [0.5, 0.6) is 0 Å². The fourth-order valence-corrected chi connectivity index (χ4v) is 7.33. The molecule has 0 aliphatic carbocycles. The zero-order valence-corrected chi connectivity index (χ0v) is 22.6. The van der Waals surface area contributed by atoms with Crippen molar-refractivity contribution in [2.24, 2.45) is 0 Å². The van der Waals surface area contributed by atoms with Crippen LogP contribution in [-0.4, -0.2) is 53.3 Å². The zero-order chi connectivity index (χ0) is 24.9. The SMILES string of the molecule is CCCC[S+]([O-])c1sc2cc(-c3nccs3)cc(-c3cccc(C(=O)NCCN(C)C)c3)c2c1N. The summed E-state index contributed by atoms with van der Waals surface area (Å²) in [7, 11) is 3.95. The number of nitrogens with zero attached hydrogens (tertiary/aromatic N) is 2. The Kier molecular flexibility index (Phi) is 8.46. The van der Waals surface area contributed by atoms with Gasteiger partial charge in [-0.1, -0.05) is 36.8 Å². The average molecular weight is 527 g/mol. The van der Waals surface area contributed by atoms with E-state index in [0.717, 1.165) is 55.4 Å². The number of fused-ring (bicyclic) bond motifs is 1. The number of thiophene rings is 1. The van der Waals surface area contributed by atoms with Gasteiger partial charge in [-0.25, -0.2) is 4.98 Å². The molecule has 35 heavy (non-hydrogen) atoms. The van der Waals surface area contributed by atoms with Crippen molar-refractivity contribution >= 4 is 55.5 Å². The Morgan fingerprint density at radius 3 is 2.77 bits per heavy atom. The molecule has 0 bridgehead atoms. The largest absolute Gasteiger partial charge is 0.611 e.